The molecule has 0 atom stereocenters. The zero-order valence-corrected chi connectivity index (χ0v) is 11.4. The highest BCUT2D eigenvalue weighted by molar-refractivity contribution is 5.40. The summed E-state index contributed by atoms with van der Waals surface area (Å²) in [5.74, 6) is -0.849. The van der Waals surface area contributed by atoms with Crippen molar-refractivity contribution >= 4 is 5.82 Å². The highest BCUT2D eigenvalue weighted by Crippen LogP contribution is 2.26. The number of aromatic nitrogens is 2. The van der Waals surface area contributed by atoms with Crippen molar-refractivity contribution in [2.45, 2.75) is 19.8 Å². The van der Waals surface area contributed by atoms with Crippen molar-refractivity contribution in [2.24, 2.45) is 0 Å². The monoisotopic (exact) mass is 279 g/mol. The van der Waals surface area contributed by atoms with Crippen molar-refractivity contribution in [1.29, 1.82) is 0 Å². The molecule has 2 aromatic rings. The van der Waals surface area contributed by atoms with E-state index in [0.29, 0.717) is 11.6 Å². The SMILES string of the molecule is CNc1cc(Oc2cccc(F)c2F)nc(C(C)C)n1. The largest absolute Gasteiger partial charge is 0.436 e. The van der Waals surface area contributed by atoms with Crippen molar-refractivity contribution in [3.05, 3.63) is 41.7 Å². The minimum atomic E-state index is -1.04. The van der Waals surface area contributed by atoms with E-state index in [9.17, 15) is 8.78 Å². The quantitative estimate of drug-likeness (QED) is 0.926. The lowest BCUT2D eigenvalue weighted by Crippen LogP contribution is -2.04. The Morgan fingerprint density at radius 2 is 1.95 bits per heavy atom. The maximum atomic E-state index is 13.6. The lowest BCUT2D eigenvalue weighted by atomic mass is 10.2. The molecule has 106 valence electrons. The van der Waals surface area contributed by atoms with E-state index in [4.69, 9.17) is 4.74 Å². The maximum Gasteiger partial charge on any atom is 0.224 e. The molecule has 1 N–H and O–H groups in total. The molecule has 20 heavy (non-hydrogen) atoms. The Morgan fingerprint density at radius 1 is 1.20 bits per heavy atom. The Kier molecular flexibility index (Phi) is 4.12. The molecule has 0 spiro atoms. The van der Waals surface area contributed by atoms with Gasteiger partial charge in [-0.1, -0.05) is 19.9 Å². The topological polar surface area (TPSA) is 47.0 Å². The minimum absolute atomic E-state index is 0.0861. The summed E-state index contributed by atoms with van der Waals surface area (Å²) in [6.07, 6.45) is 0. The zero-order valence-electron chi connectivity index (χ0n) is 11.4. The van der Waals surface area contributed by atoms with Gasteiger partial charge >= 0.3 is 0 Å². The number of halogens is 2. The number of benzene rings is 1. The van der Waals surface area contributed by atoms with Crippen molar-refractivity contribution < 1.29 is 13.5 Å². The first-order valence-corrected chi connectivity index (χ1v) is 6.20. The highest BCUT2D eigenvalue weighted by atomic mass is 19.2. The average molecular weight is 279 g/mol. The predicted molar refractivity (Wildman–Crippen MR) is 72.1 cm³/mol. The van der Waals surface area contributed by atoms with E-state index in [0.717, 1.165) is 6.07 Å². The van der Waals surface area contributed by atoms with Crippen LogP contribution in [0.4, 0.5) is 14.6 Å². The van der Waals surface area contributed by atoms with Crippen LogP contribution in [0.15, 0.2) is 24.3 Å². The summed E-state index contributed by atoms with van der Waals surface area (Å²) in [6.45, 7) is 3.86. The smallest absolute Gasteiger partial charge is 0.224 e. The van der Waals surface area contributed by atoms with Gasteiger partial charge in [0.15, 0.2) is 11.6 Å². The van der Waals surface area contributed by atoms with Crippen LogP contribution >= 0.6 is 0 Å². The van der Waals surface area contributed by atoms with Crippen LogP contribution in [-0.4, -0.2) is 17.0 Å². The first-order valence-electron chi connectivity index (χ1n) is 6.20. The van der Waals surface area contributed by atoms with E-state index in [1.54, 1.807) is 7.05 Å². The molecule has 0 aliphatic carbocycles. The zero-order chi connectivity index (χ0) is 14.7. The van der Waals surface area contributed by atoms with Crippen LogP contribution in [0.3, 0.4) is 0 Å². The molecule has 0 fully saturated rings. The molecule has 0 unspecified atom stereocenters. The summed E-state index contributed by atoms with van der Waals surface area (Å²) >= 11 is 0. The fraction of sp³-hybridized carbons (Fsp3) is 0.286. The van der Waals surface area contributed by atoms with E-state index in [-0.39, 0.29) is 17.5 Å². The van der Waals surface area contributed by atoms with Crippen LogP contribution in [0.5, 0.6) is 11.6 Å². The fourth-order valence-electron chi connectivity index (χ4n) is 1.56. The van der Waals surface area contributed by atoms with Crippen LogP contribution < -0.4 is 10.1 Å². The third-order valence-electron chi connectivity index (χ3n) is 2.62. The Morgan fingerprint density at radius 3 is 2.60 bits per heavy atom. The Hall–Kier alpha value is -2.24. The first-order chi connectivity index (χ1) is 9.51. The van der Waals surface area contributed by atoms with Gasteiger partial charge in [0.25, 0.3) is 0 Å². The van der Waals surface area contributed by atoms with Gasteiger partial charge in [0.2, 0.25) is 11.7 Å². The van der Waals surface area contributed by atoms with E-state index < -0.39 is 11.6 Å². The highest BCUT2D eigenvalue weighted by Gasteiger charge is 2.13. The van der Waals surface area contributed by atoms with Gasteiger partial charge in [-0.3, -0.25) is 0 Å². The predicted octanol–water partition coefficient (Wildman–Crippen LogP) is 3.71. The van der Waals surface area contributed by atoms with Crippen molar-refractivity contribution in [2.75, 3.05) is 12.4 Å². The molecule has 0 saturated carbocycles. The Bertz CT molecular complexity index is 617. The van der Waals surface area contributed by atoms with Gasteiger partial charge in [0.05, 0.1) is 0 Å². The van der Waals surface area contributed by atoms with Gasteiger partial charge in [-0.2, -0.15) is 9.37 Å². The van der Waals surface area contributed by atoms with Crippen LogP contribution in [-0.2, 0) is 0 Å². The Balaban J connectivity index is 2.37. The molecular formula is C14H15F2N3O. The molecule has 0 radical (unpaired) electrons. The molecule has 1 aromatic heterocycles. The molecule has 1 heterocycles. The van der Waals surface area contributed by atoms with Gasteiger partial charge in [-0.15, -0.1) is 0 Å². The summed E-state index contributed by atoms with van der Waals surface area (Å²) in [5, 5.41) is 2.88. The summed E-state index contributed by atoms with van der Waals surface area (Å²) in [4.78, 5) is 8.45. The fourth-order valence-corrected chi connectivity index (χ4v) is 1.56. The van der Waals surface area contributed by atoms with Crippen molar-refractivity contribution in [3.63, 3.8) is 0 Å². The van der Waals surface area contributed by atoms with Crippen LogP contribution in [0.25, 0.3) is 0 Å². The molecule has 0 aliphatic heterocycles. The third kappa shape index (κ3) is 3.01. The molecule has 6 heteroatoms. The van der Waals surface area contributed by atoms with Crippen molar-refractivity contribution in [1.82, 2.24) is 9.97 Å². The summed E-state index contributed by atoms with van der Waals surface area (Å²) < 4.78 is 32.0. The van der Waals surface area contributed by atoms with Gasteiger partial charge in [0, 0.05) is 19.0 Å². The van der Waals surface area contributed by atoms with Crippen LogP contribution in [0.1, 0.15) is 25.6 Å². The minimum Gasteiger partial charge on any atom is -0.436 e. The van der Waals surface area contributed by atoms with Gasteiger partial charge < -0.3 is 10.1 Å². The lowest BCUT2D eigenvalue weighted by Gasteiger charge is -2.11. The molecule has 0 amide bonds. The molecule has 0 saturated heterocycles. The van der Waals surface area contributed by atoms with Crippen LogP contribution in [0.2, 0.25) is 0 Å². The van der Waals surface area contributed by atoms with Gasteiger partial charge in [-0.05, 0) is 12.1 Å². The Labute approximate surface area is 115 Å². The lowest BCUT2D eigenvalue weighted by molar-refractivity contribution is 0.403. The second kappa shape index (κ2) is 5.81. The second-order valence-corrected chi connectivity index (χ2v) is 4.51. The van der Waals surface area contributed by atoms with E-state index in [1.165, 1.54) is 18.2 Å². The average Bonchev–Trinajstić information content (AvgIpc) is 2.43. The number of ether oxygens (including phenoxy) is 1. The van der Waals surface area contributed by atoms with E-state index in [2.05, 4.69) is 15.3 Å². The summed E-state index contributed by atoms with van der Waals surface area (Å²) in [6, 6.07) is 5.27. The number of rotatable bonds is 4. The number of hydrogen-bond acceptors (Lipinski definition) is 4. The molecular weight excluding hydrogens is 264 g/mol. The number of nitrogens with zero attached hydrogens (tertiary/aromatic N) is 2. The van der Waals surface area contributed by atoms with E-state index >= 15 is 0 Å². The van der Waals surface area contributed by atoms with E-state index in [1.807, 2.05) is 13.8 Å². The molecule has 2 rings (SSSR count). The standard InChI is InChI=1S/C14H15F2N3O/c1-8(2)14-18-11(17-3)7-12(19-14)20-10-6-4-5-9(15)13(10)16/h4-8H,1-3H3,(H,17,18,19). The number of hydrogen-bond donors (Lipinski definition) is 1. The normalized spacial score (nSPS) is 10.7. The van der Waals surface area contributed by atoms with Crippen molar-refractivity contribution in [3.8, 4) is 11.6 Å². The molecule has 4 nitrogen and oxygen atoms in total. The molecule has 0 bridgehead atoms. The second-order valence-electron chi connectivity index (χ2n) is 4.51. The van der Waals surface area contributed by atoms with Crippen LogP contribution in [0, 0.1) is 11.6 Å². The number of nitrogens with one attached hydrogen (secondary N) is 1. The third-order valence-corrected chi connectivity index (χ3v) is 2.62. The summed E-state index contributed by atoms with van der Waals surface area (Å²) in [7, 11) is 1.71. The molecule has 1 aromatic carbocycles. The maximum absolute atomic E-state index is 13.6. The van der Waals surface area contributed by atoms with Gasteiger partial charge in [-0.25, -0.2) is 9.37 Å². The van der Waals surface area contributed by atoms with Gasteiger partial charge in [0.1, 0.15) is 11.6 Å². The summed E-state index contributed by atoms with van der Waals surface area (Å²) in [5.41, 5.74) is 0. The number of anilines is 1. The molecule has 0 aliphatic rings. The first kappa shape index (κ1) is 14.2.